The van der Waals surface area contributed by atoms with Gasteiger partial charge < -0.3 is 14.6 Å². The van der Waals surface area contributed by atoms with Crippen LogP contribution in [0.5, 0.6) is 5.75 Å². The number of aromatic amines is 1. The molecule has 0 bridgehead atoms. The number of H-pyrrole nitrogens is 1. The Morgan fingerprint density at radius 2 is 2.17 bits per heavy atom. The highest BCUT2D eigenvalue weighted by atomic mass is 16.5. The van der Waals surface area contributed by atoms with Gasteiger partial charge in [0.15, 0.2) is 5.82 Å². The van der Waals surface area contributed by atoms with Crippen LogP contribution in [0.25, 0.3) is 0 Å². The van der Waals surface area contributed by atoms with Crippen molar-refractivity contribution in [2.75, 3.05) is 25.6 Å². The molecule has 0 unspecified atom stereocenters. The minimum Gasteiger partial charge on any atom is -0.489 e. The van der Waals surface area contributed by atoms with Gasteiger partial charge in [0.2, 0.25) is 5.75 Å². The van der Waals surface area contributed by atoms with Gasteiger partial charge in [0.25, 0.3) is 5.56 Å². The Labute approximate surface area is 107 Å². The lowest BCUT2D eigenvalue weighted by Gasteiger charge is -2.28. The van der Waals surface area contributed by atoms with Crippen LogP contribution in [0.15, 0.2) is 11.1 Å². The summed E-state index contributed by atoms with van der Waals surface area (Å²) in [6.45, 7) is 0.937. The topological polar surface area (TPSA) is 58.2 Å². The highest BCUT2D eigenvalue weighted by Crippen LogP contribution is 2.27. The highest BCUT2D eigenvalue weighted by molar-refractivity contribution is 5.49. The highest BCUT2D eigenvalue weighted by Gasteiger charge is 2.19. The number of aromatic nitrogens is 2. The third kappa shape index (κ3) is 2.83. The van der Waals surface area contributed by atoms with Crippen LogP contribution in [0.1, 0.15) is 32.1 Å². The molecule has 0 saturated heterocycles. The maximum atomic E-state index is 11.6. The fourth-order valence-corrected chi connectivity index (χ4v) is 2.68. The van der Waals surface area contributed by atoms with E-state index in [0.29, 0.717) is 17.5 Å². The van der Waals surface area contributed by atoms with E-state index in [1.807, 2.05) is 11.9 Å². The summed E-state index contributed by atoms with van der Waals surface area (Å²) < 4.78 is 5.14. The van der Waals surface area contributed by atoms with Crippen LogP contribution in [-0.4, -0.2) is 30.7 Å². The van der Waals surface area contributed by atoms with Gasteiger partial charge in [-0.3, -0.25) is 4.79 Å². The van der Waals surface area contributed by atoms with E-state index in [9.17, 15) is 4.79 Å². The maximum absolute atomic E-state index is 11.6. The lowest BCUT2D eigenvalue weighted by Crippen LogP contribution is -2.29. The smallest absolute Gasteiger partial charge is 0.295 e. The number of nitrogens with one attached hydrogen (secondary N) is 1. The molecule has 0 aromatic carbocycles. The van der Waals surface area contributed by atoms with Crippen molar-refractivity contribution in [3.8, 4) is 5.75 Å². The van der Waals surface area contributed by atoms with Crippen molar-refractivity contribution in [2.24, 2.45) is 5.92 Å². The van der Waals surface area contributed by atoms with Crippen molar-refractivity contribution in [3.05, 3.63) is 16.7 Å². The fourth-order valence-electron chi connectivity index (χ4n) is 2.68. The summed E-state index contributed by atoms with van der Waals surface area (Å²) in [5, 5.41) is 0. The molecule has 0 spiro atoms. The predicted octanol–water partition coefficient (Wildman–Crippen LogP) is 1.79. The van der Waals surface area contributed by atoms with Gasteiger partial charge in [-0.1, -0.05) is 19.3 Å². The van der Waals surface area contributed by atoms with E-state index in [2.05, 4.69) is 9.97 Å². The molecular formula is C13H21N3O2. The van der Waals surface area contributed by atoms with Crippen molar-refractivity contribution in [1.29, 1.82) is 0 Å². The molecule has 1 aliphatic rings. The minimum absolute atomic E-state index is 0.224. The number of nitrogens with zero attached hydrogens (tertiary/aromatic N) is 2. The molecule has 5 heteroatoms. The Bertz CT molecular complexity index is 438. The quantitative estimate of drug-likeness (QED) is 0.886. The number of rotatable bonds is 4. The molecule has 1 saturated carbocycles. The third-order valence-corrected chi connectivity index (χ3v) is 3.61. The zero-order chi connectivity index (χ0) is 13.0. The normalized spacial score (nSPS) is 16.6. The molecule has 1 fully saturated rings. The zero-order valence-electron chi connectivity index (χ0n) is 11.1. The van der Waals surface area contributed by atoms with Gasteiger partial charge in [0.1, 0.15) is 0 Å². The van der Waals surface area contributed by atoms with Crippen molar-refractivity contribution < 1.29 is 4.74 Å². The van der Waals surface area contributed by atoms with E-state index in [1.54, 1.807) is 0 Å². The average molecular weight is 251 g/mol. The largest absolute Gasteiger partial charge is 0.489 e. The van der Waals surface area contributed by atoms with Gasteiger partial charge >= 0.3 is 0 Å². The monoisotopic (exact) mass is 251 g/mol. The molecule has 1 N–H and O–H groups in total. The molecule has 18 heavy (non-hydrogen) atoms. The van der Waals surface area contributed by atoms with Crippen molar-refractivity contribution >= 4 is 5.82 Å². The molecular weight excluding hydrogens is 230 g/mol. The second-order valence-electron chi connectivity index (χ2n) is 4.97. The predicted molar refractivity (Wildman–Crippen MR) is 71.3 cm³/mol. The van der Waals surface area contributed by atoms with Gasteiger partial charge in [-0.05, 0) is 18.8 Å². The molecule has 100 valence electrons. The standard InChI is InChI=1S/C13H21N3O2/c1-16(8-10-6-4-3-5-7-10)12-11(18-2)13(17)15-9-14-12/h9-10H,3-8H2,1-2H3,(H,14,15,17). The third-order valence-electron chi connectivity index (χ3n) is 3.61. The SMILES string of the molecule is COc1c(N(C)CC2CCCCC2)nc[nH]c1=O. The van der Waals surface area contributed by atoms with Gasteiger partial charge in [-0.2, -0.15) is 0 Å². The fraction of sp³-hybridized carbons (Fsp3) is 0.692. The molecule has 0 aliphatic heterocycles. The van der Waals surface area contributed by atoms with Gasteiger partial charge in [-0.15, -0.1) is 0 Å². The number of anilines is 1. The summed E-state index contributed by atoms with van der Waals surface area (Å²) in [6.07, 6.45) is 7.97. The van der Waals surface area contributed by atoms with Crippen LogP contribution >= 0.6 is 0 Å². The van der Waals surface area contributed by atoms with Crippen molar-refractivity contribution in [3.63, 3.8) is 0 Å². The Balaban J connectivity index is 2.10. The number of hydrogen-bond acceptors (Lipinski definition) is 4. The molecule has 2 rings (SSSR count). The minimum atomic E-state index is -0.224. The van der Waals surface area contributed by atoms with Crippen LogP contribution in [0, 0.1) is 5.92 Å². The summed E-state index contributed by atoms with van der Waals surface area (Å²) >= 11 is 0. The second kappa shape index (κ2) is 5.89. The zero-order valence-corrected chi connectivity index (χ0v) is 11.1. The Morgan fingerprint density at radius 3 is 2.83 bits per heavy atom. The van der Waals surface area contributed by atoms with Gasteiger partial charge in [0.05, 0.1) is 13.4 Å². The van der Waals surface area contributed by atoms with E-state index in [-0.39, 0.29) is 5.56 Å². The first-order valence-electron chi connectivity index (χ1n) is 6.55. The first kappa shape index (κ1) is 12.9. The average Bonchev–Trinajstić information content (AvgIpc) is 2.39. The molecule has 1 aliphatic carbocycles. The van der Waals surface area contributed by atoms with Crippen LogP contribution < -0.4 is 15.2 Å². The number of ether oxygens (including phenoxy) is 1. The summed E-state index contributed by atoms with van der Waals surface area (Å²) in [6, 6.07) is 0. The van der Waals surface area contributed by atoms with Gasteiger partial charge in [0, 0.05) is 13.6 Å². The van der Waals surface area contributed by atoms with E-state index >= 15 is 0 Å². The van der Waals surface area contributed by atoms with E-state index in [4.69, 9.17) is 4.74 Å². The molecule has 1 heterocycles. The van der Waals surface area contributed by atoms with Crippen LogP contribution in [0.3, 0.4) is 0 Å². The lowest BCUT2D eigenvalue weighted by molar-refractivity contribution is 0.358. The maximum Gasteiger partial charge on any atom is 0.295 e. The van der Waals surface area contributed by atoms with E-state index < -0.39 is 0 Å². The summed E-state index contributed by atoms with van der Waals surface area (Å²) in [5.41, 5.74) is -0.224. The molecule has 1 aromatic heterocycles. The first-order chi connectivity index (χ1) is 8.72. The molecule has 0 atom stereocenters. The Kier molecular flexibility index (Phi) is 4.23. The number of hydrogen-bond donors (Lipinski definition) is 1. The van der Waals surface area contributed by atoms with Gasteiger partial charge in [-0.25, -0.2) is 4.98 Å². The molecule has 1 aromatic rings. The Hall–Kier alpha value is -1.52. The number of methoxy groups -OCH3 is 1. The van der Waals surface area contributed by atoms with E-state index in [0.717, 1.165) is 6.54 Å². The second-order valence-corrected chi connectivity index (χ2v) is 4.97. The van der Waals surface area contributed by atoms with Crippen LogP contribution in [0.4, 0.5) is 5.82 Å². The Morgan fingerprint density at radius 1 is 1.44 bits per heavy atom. The van der Waals surface area contributed by atoms with Crippen molar-refractivity contribution in [1.82, 2.24) is 9.97 Å². The lowest BCUT2D eigenvalue weighted by atomic mass is 9.89. The van der Waals surface area contributed by atoms with Crippen LogP contribution in [-0.2, 0) is 0 Å². The summed E-state index contributed by atoms with van der Waals surface area (Å²) in [4.78, 5) is 20.4. The molecule has 5 nitrogen and oxygen atoms in total. The van der Waals surface area contributed by atoms with E-state index in [1.165, 1.54) is 45.5 Å². The van der Waals surface area contributed by atoms with Crippen LogP contribution in [0.2, 0.25) is 0 Å². The summed E-state index contributed by atoms with van der Waals surface area (Å²) in [7, 11) is 3.48. The summed E-state index contributed by atoms with van der Waals surface area (Å²) in [5.74, 6) is 1.64. The van der Waals surface area contributed by atoms with Crippen molar-refractivity contribution in [2.45, 2.75) is 32.1 Å². The molecule has 0 radical (unpaired) electrons. The molecule has 0 amide bonds. The first-order valence-corrected chi connectivity index (χ1v) is 6.55.